The van der Waals surface area contributed by atoms with Crippen LogP contribution in [0.5, 0.6) is 11.5 Å². The SMILES string of the molecule is COc1cc2ncc(C(=O)O)c(Cl)c2cc1OC. The lowest BCUT2D eigenvalue weighted by atomic mass is 10.1. The van der Waals surface area contributed by atoms with Crippen molar-refractivity contribution in [2.24, 2.45) is 0 Å². The molecule has 2 rings (SSSR count). The topological polar surface area (TPSA) is 68.7 Å². The highest BCUT2D eigenvalue weighted by Gasteiger charge is 2.15. The predicted molar refractivity (Wildman–Crippen MR) is 66.8 cm³/mol. The number of carboxylic acid groups (broad SMARTS) is 1. The molecule has 1 aromatic carbocycles. The minimum Gasteiger partial charge on any atom is -0.493 e. The van der Waals surface area contributed by atoms with E-state index in [-0.39, 0.29) is 10.6 Å². The van der Waals surface area contributed by atoms with Gasteiger partial charge in [-0.05, 0) is 6.07 Å². The molecule has 0 aliphatic rings. The number of benzene rings is 1. The van der Waals surface area contributed by atoms with Crippen LogP contribution in [0.4, 0.5) is 0 Å². The zero-order valence-corrected chi connectivity index (χ0v) is 10.5. The summed E-state index contributed by atoms with van der Waals surface area (Å²) >= 11 is 6.04. The van der Waals surface area contributed by atoms with Crippen molar-refractivity contribution in [1.29, 1.82) is 0 Å². The lowest BCUT2D eigenvalue weighted by Crippen LogP contribution is -2.00. The number of hydrogen-bond donors (Lipinski definition) is 1. The highest BCUT2D eigenvalue weighted by atomic mass is 35.5. The van der Waals surface area contributed by atoms with Gasteiger partial charge in [0.2, 0.25) is 0 Å². The second-order valence-electron chi connectivity index (χ2n) is 3.52. The van der Waals surface area contributed by atoms with E-state index in [2.05, 4.69) is 4.98 Å². The summed E-state index contributed by atoms with van der Waals surface area (Å²) in [6, 6.07) is 3.25. The van der Waals surface area contributed by atoms with Crippen molar-refractivity contribution in [2.75, 3.05) is 14.2 Å². The molecule has 1 aromatic heterocycles. The quantitative estimate of drug-likeness (QED) is 0.926. The molecule has 0 amide bonds. The molecule has 0 aliphatic heterocycles. The molecule has 0 aliphatic carbocycles. The predicted octanol–water partition coefficient (Wildman–Crippen LogP) is 2.60. The third-order valence-corrected chi connectivity index (χ3v) is 2.95. The fourth-order valence-corrected chi connectivity index (χ4v) is 1.92. The number of halogens is 1. The Balaban J connectivity index is 2.77. The molecule has 2 aromatic rings. The molecule has 1 N–H and O–H groups in total. The molecule has 1 heterocycles. The van der Waals surface area contributed by atoms with E-state index in [1.54, 1.807) is 12.1 Å². The first-order valence-corrected chi connectivity index (χ1v) is 5.39. The molecule has 5 nitrogen and oxygen atoms in total. The van der Waals surface area contributed by atoms with E-state index in [1.807, 2.05) is 0 Å². The first-order chi connectivity index (χ1) is 8.58. The van der Waals surface area contributed by atoms with E-state index in [9.17, 15) is 4.79 Å². The van der Waals surface area contributed by atoms with Crippen molar-refractivity contribution in [3.05, 3.63) is 28.9 Å². The lowest BCUT2D eigenvalue weighted by molar-refractivity contribution is 0.0697. The Bertz CT molecular complexity index is 627. The van der Waals surface area contributed by atoms with Crippen molar-refractivity contribution < 1.29 is 19.4 Å². The van der Waals surface area contributed by atoms with Gasteiger partial charge < -0.3 is 14.6 Å². The molecular weight excluding hydrogens is 258 g/mol. The summed E-state index contributed by atoms with van der Waals surface area (Å²) in [5.74, 6) is -0.142. The van der Waals surface area contributed by atoms with Gasteiger partial charge in [-0.15, -0.1) is 0 Å². The molecule has 0 saturated heterocycles. The number of nitrogens with zero attached hydrogens (tertiary/aromatic N) is 1. The van der Waals surface area contributed by atoms with Crippen molar-refractivity contribution in [2.45, 2.75) is 0 Å². The smallest absolute Gasteiger partial charge is 0.338 e. The minimum absolute atomic E-state index is 0.0450. The fourth-order valence-electron chi connectivity index (χ4n) is 1.64. The van der Waals surface area contributed by atoms with Crippen LogP contribution in [-0.4, -0.2) is 30.3 Å². The number of aromatic nitrogens is 1. The van der Waals surface area contributed by atoms with Gasteiger partial charge in [-0.3, -0.25) is 4.98 Å². The summed E-state index contributed by atoms with van der Waals surface area (Å²) in [6.07, 6.45) is 1.22. The van der Waals surface area contributed by atoms with Crippen LogP contribution in [0.15, 0.2) is 18.3 Å². The van der Waals surface area contributed by atoms with Crippen LogP contribution in [0.2, 0.25) is 5.02 Å². The second kappa shape index (κ2) is 4.70. The highest BCUT2D eigenvalue weighted by Crippen LogP contribution is 2.35. The first-order valence-electron chi connectivity index (χ1n) is 5.02. The summed E-state index contributed by atoms with van der Waals surface area (Å²) in [7, 11) is 3.00. The number of aromatic carboxylic acids is 1. The van der Waals surface area contributed by atoms with E-state index < -0.39 is 5.97 Å². The summed E-state index contributed by atoms with van der Waals surface area (Å²) in [5, 5.41) is 9.61. The monoisotopic (exact) mass is 267 g/mol. The van der Waals surface area contributed by atoms with Crippen molar-refractivity contribution >= 4 is 28.5 Å². The Morgan fingerprint density at radius 2 is 1.89 bits per heavy atom. The largest absolute Gasteiger partial charge is 0.493 e. The van der Waals surface area contributed by atoms with Crippen molar-refractivity contribution in [3.63, 3.8) is 0 Å². The molecule has 18 heavy (non-hydrogen) atoms. The number of hydrogen-bond acceptors (Lipinski definition) is 4. The molecule has 0 saturated carbocycles. The van der Waals surface area contributed by atoms with E-state index in [4.69, 9.17) is 26.2 Å². The molecule has 94 valence electrons. The maximum Gasteiger partial charge on any atom is 0.338 e. The molecular formula is C12H10ClNO4. The average molecular weight is 268 g/mol. The van der Waals surface area contributed by atoms with E-state index in [0.717, 1.165) is 0 Å². The minimum atomic E-state index is -1.12. The van der Waals surface area contributed by atoms with Crippen molar-refractivity contribution in [1.82, 2.24) is 4.98 Å². The van der Waals surface area contributed by atoms with Crippen LogP contribution in [0, 0.1) is 0 Å². The number of fused-ring (bicyclic) bond motifs is 1. The van der Waals surface area contributed by atoms with Gasteiger partial charge in [0.15, 0.2) is 11.5 Å². The van der Waals surface area contributed by atoms with Crippen LogP contribution in [0.3, 0.4) is 0 Å². The summed E-state index contributed by atoms with van der Waals surface area (Å²) in [6.45, 7) is 0. The van der Waals surface area contributed by atoms with Gasteiger partial charge in [0, 0.05) is 17.6 Å². The van der Waals surface area contributed by atoms with Crippen molar-refractivity contribution in [3.8, 4) is 11.5 Å². The number of methoxy groups -OCH3 is 2. The average Bonchev–Trinajstić information content (AvgIpc) is 2.37. The van der Waals surface area contributed by atoms with Gasteiger partial charge >= 0.3 is 5.97 Å². The Morgan fingerprint density at radius 3 is 2.44 bits per heavy atom. The van der Waals surface area contributed by atoms with E-state index in [0.29, 0.717) is 22.4 Å². The number of ether oxygens (including phenoxy) is 2. The molecule has 0 fully saturated rings. The van der Waals surface area contributed by atoms with E-state index in [1.165, 1.54) is 20.4 Å². The zero-order chi connectivity index (χ0) is 13.3. The number of pyridine rings is 1. The second-order valence-corrected chi connectivity index (χ2v) is 3.89. The molecule has 0 unspecified atom stereocenters. The standard InChI is InChI=1S/C12H10ClNO4/c1-17-9-3-6-8(4-10(9)18-2)14-5-7(11(6)13)12(15)16/h3-5H,1-2H3,(H,15,16). The van der Waals surface area contributed by atoms with Gasteiger partial charge in [0.05, 0.1) is 30.3 Å². The summed E-state index contributed by atoms with van der Waals surface area (Å²) in [5.41, 5.74) is 0.499. The maximum atomic E-state index is 11.0. The number of carbonyl (C=O) groups is 1. The Morgan fingerprint density at radius 1 is 1.28 bits per heavy atom. The molecule has 0 atom stereocenters. The summed E-state index contributed by atoms with van der Waals surface area (Å²) in [4.78, 5) is 15.0. The summed E-state index contributed by atoms with van der Waals surface area (Å²) < 4.78 is 10.3. The van der Waals surface area contributed by atoms with Gasteiger partial charge in [0.1, 0.15) is 0 Å². The van der Waals surface area contributed by atoms with Gasteiger partial charge in [-0.25, -0.2) is 4.79 Å². The van der Waals surface area contributed by atoms with Crippen LogP contribution in [0.25, 0.3) is 10.9 Å². The molecule has 6 heteroatoms. The Kier molecular flexibility index (Phi) is 3.25. The maximum absolute atomic E-state index is 11.0. The van der Waals surface area contributed by atoms with Gasteiger partial charge in [-0.2, -0.15) is 0 Å². The zero-order valence-electron chi connectivity index (χ0n) is 9.73. The van der Waals surface area contributed by atoms with Gasteiger partial charge in [-0.1, -0.05) is 11.6 Å². The van der Waals surface area contributed by atoms with Crippen LogP contribution >= 0.6 is 11.6 Å². The molecule has 0 spiro atoms. The number of carboxylic acids is 1. The van der Waals surface area contributed by atoms with Crippen LogP contribution < -0.4 is 9.47 Å². The molecule has 0 bridgehead atoms. The lowest BCUT2D eigenvalue weighted by Gasteiger charge is -2.10. The Labute approximate surface area is 108 Å². The van der Waals surface area contributed by atoms with Gasteiger partial charge in [0.25, 0.3) is 0 Å². The highest BCUT2D eigenvalue weighted by molar-refractivity contribution is 6.38. The van der Waals surface area contributed by atoms with E-state index >= 15 is 0 Å². The fraction of sp³-hybridized carbons (Fsp3) is 0.167. The number of rotatable bonds is 3. The Hall–Kier alpha value is -2.01. The van der Waals surface area contributed by atoms with Crippen LogP contribution in [-0.2, 0) is 0 Å². The normalized spacial score (nSPS) is 10.4. The third-order valence-electron chi connectivity index (χ3n) is 2.54. The van der Waals surface area contributed by atoms with Crippen LogP contribution in [0.1, 0.15) is 10.4 Å². The molecule has 0 radical (unpaired) electrons. The third kappa shape index (κ3) is 1.93. The first kappa shape index (κ1) is 12.4.